The Morgan fingerprint density at radius 2 is 2.04 bits per heavy atom. The van der Waals surface area contributed by atoms with E-state index in [0.717, 1.165) is 19.3 Å². The molecule has 0 heterocycles. The number of nitrogens with one attached hydrogen (secondary N) is 2. The van der Waals surface area contributed by atoms with Gasteiger partial charge in [-0.2, -0.15) is 4.72 Å². The van der Waals surface area contributed by atoms with Gasteiger partial charge in [0.2, 0.25) is 15.9 Å². The van der Waals surface area contributed by atoms with Crippen molar-refractivity contribution in [2.45, 2.75) is 44.0 Å². The minimum atomic E-state index is -3.84. The van der Waals surface area contributed by atoms with Crippen LogP contribution in [0.4, 0.5) is 0 Å². The van der Waals surface area contributed by atoms with Gasteiger partial charge in [0.1, 0.15) is 5.75 Å². The SMILES string of the molecule is CCCCCNC(=O)[C@@H](C)NS(=O)(=O)c1ccc(OC)c(Cl)c1. The summed E-state index contributed by atoms with van der Waals surface area (Å²) >= 11 is 5.94. The van der Waals surface area contributed by atoms with Crippen LogP contribution in [0.1, 0.15) is 33.1 Å². The molecule has 0 saturated heterocycles. The molecule has 0 unspecified atom stereocenters. The molecular formula is C15H23ClN2O4S. The number of methoxy groups -OCH3 is 1. The third-order valence-corrected chi connectivity index (χ3v) is 5.07. The van der Waals surface area contributed by atoms with Crippen LogP contribution in [0.25, 0.3) is 0 Å². The van der Waals surface area contributed by atoms with Gasteiger partial charge in [0.05, 0.1) is 23.1 Å². The van der Waals surface area contributed by atoms with Crippen molar-refractivity contribution in [3.63, 3.8) is 0 Å². The number of rotatable bonds is 9. The lowest BCUT2D eigenvalue weighted by Crippen LogP contribution is -2.44. The lowest BCUT2D eigenvalue weighted by Gasteiger charge is -2.15. The second kappa shape index (κ2) is 9.10. The maximum Gasteiger partial charge on any atom is 0.241 e. The van der Waals surface area contributed by atoms with Gasteiger partial charge in [-0.3, -0.25) is 4.79 Å². The van der Waals surface area contributed by atoms with Gasteiger partial charge in [-0.05, 0) is 31.5 Å². The van der Waals surface area contributed by atoms with Gasteiger partial charge in [-0.15, -0.1) is 0 Å². The first-order valence-corrected chi connectivity index (χ1v) is 9.31. The molecule has 8 heteroatoms. The molecule has 0 aliphatic rings. The van der Waals surface area contributed by atoms with Crippen LogP contribution in [0.5, 0.6) is 5.75 Å². The number of sulfonamides is 1. The summed E-state index contributed by atoms with van der Waals surface area (Å²) in [6.07, 6.45) is 2.94. The molecule has 0 spiro atoms. The van der Waals surface area contributed by atoms with Gasteiger partial charge >= 0.3 is 0 Å². The predicted octanol–water partition coefficient (Wildman–Crippen LogP) is 2.32. The van der Waals surface area contributed by atoms with Crippen LogP contribution < -0.4 is 14.8 Å². The van der Waals surface area contributed by atoms with Crippen molar-refractivity contribution in [1.29, 1.82) is 0 Å². The molecule has 0 bridgehead atoms. The van der Waals surface area contributed by atoms with E-state index in [4.69, 9.17) is 16.3 Å². The maximum atomic E-state index is 12.3. The molecule has 130 valence electrons. The Morgan fingerprint density at radius 3 is 2.61 bits per heavy atom. The van der Waals surface area contributed by atoms with E-state index in [-0.39, 0.29) is 15.8 Å². The summed E-state index contributed by atoms with van der Waals surface area (Å²) in [6.45, 7) is 4.10. The number of amides is 1. The quantitative estimate of drug-likeness (QED) is 0.660. The van der Waals surface area contributed by atoms with Crippen molar-refractivity contribution in [2.24, 2.45) is 0 Å². The van der Waals surface area contributed by atoms with Crippen molar-refractivity contribution < 1.29 is 17.9 Å². The highest BCUT2D eigenvalue weighted by Crippen LogP contribution is 2.26. The average Bonchev–Trinajstić information content (AvgIpc) is 2.50. The second-order valence-corrected chi connectivity index (χ2v) is 7.26. The van der Waals surface area contributed by atoms with E-state index in [1.54, 1.807) is 0 Å². The Labute approximate surface area is 142 Å². The first-order chi connectivity index (χ1) is 10.8. The summed E-state index contributed by atoms with van der Waals surface area (Å²) in [5.74, 6) is 0.0246. The zero-order valence-corrected chi connectivity index (χ0v) is 15.1. The largest absolute Gasteiger partial charge is 0.495 e. The summed E-state index contributed by atoms with van der Waals surface area (Å²) in [5.41, 5.74) is 0. The van der Waals surface area contributed by atoms with Gasteiger partial charge in [0.25, 0.3) is 0 Å². The number of unbranched alkanes of at least 4 members (excludes halogenated alkanes) is 2. The lowest BCUT2D eigenvalue weighted by molar-refractivity contribution is -0.122. The van der Waals surface area contributed by atoms with E-state index in [0.29, 0.717) is 12.3 Å². The predicted molar refractivity (Wildman–Crippen MR) is 90.3 cm³/mol. The molecule has 0 aliphatic heterocycles. The average molecular weight is 363 g/mol. The van der Waals surface area contributed by atoms with Gasteiger partial charge in [-0.1, -0.05) is 31.4 Å². The molecule has 1 rings (SSSR count). The summed E-state index contributed by atoms with van der Waals surface area (Å²) in [4.78, 5) is 11.9. The van der Waals surface area contributed by atoms with Crippen LogP contribution in [-0.4, -0.2) is 34.0 Å². The smallest absolute Gasteiger partial charge is 0.241 e. The number of carbonyl (C=O) groups excluding carboxylic acids is 1. The molecule has 23 heavy (non-hydrogen) atoms. The molecule has 0 aliphatic carbocycles. The summed E-state index contributed by atoms with van der Waals surface area (Å²) in [7, 11) is -2.40. The van der Waals surface area contributed by atoms with E-state index in [1.165, 1.54) is 32.2 Å². The van der Waals surface area contributed by atoms with Crippen LogP contribution in [-0.2, 0) is 14.8 Å². The normalized spacial score (nSPS) is 12.7. The van der Waals surface area contributed by atoms with Crippen LogP contribution >= 0.6 is 11.6 Å². The van der Waals surface area contributed by atoms with E-state index in [2.05, 4.69) is 17.0 Å². The highest BCUT2D eigenvalue weighted by Gasteiger charge is 2.22. The van der Waals surface area contributed by atoms with E-state index < -0.39 is 16.1 Å². The molecule has 1 aromatic rings. The third-order valence-electron chi connectivity index (χ3n) is 3.24. The van der Waals surface area contributed by atoms with E-state index >= 15 is 0 Å². The number of halogens is 1. The van der Waals surface area contributed by atoms with Crippen LogP contribution in [0.15, 0.2) is 23.1 Å². The van der Waals surface area contributed by atoms with Gasteiger partial charge in [0, 0.05) is 6.54 Å². The zero-order chi connectivity index (χ0) is 17.5. The summed E-state index contributed by atoms with van der Waals surface area (Å²) in [6, 6.07) is 3.25. The second-order valence-electron chi connectivity index (χ2n) is 5.14. The van der Waals surface area contributed by atoms with E-state index in [1.807, 2.05) is 0 Å². The fourth-order valence-corrected chi connectivity index (χ4v) is 3.46. The number of hydrogen-bond acceptors (Lipinski definition) is 4. The topological polar surface area (TPSA) is 84.5 Å². The number of carbonyl (C=O) groups is 1. The zero-order valence-electron chi connectivity index (χ0n) is 13.6. The van der Waals surface area contributed by atoms with Crippen LogP contribution in [0, 0.1) is 0 Å². The third kappa shape index (κ3) is 6.01. The Hall–Kier alpha value is -1.31. The molecule has 6 nitrogen and oxygen atoms in total. The maximum absolute atomic E-state index is 12.3. The molecule has 0 radical (unpaired) electrons. The van der Waals surface area contributed by atoms with Crippen molar-refractivity contribution in [1.82, 2.24) is 10.0 Å². The Morgan fingerprint density at radius 1 is 1.35 bits per heavy atom. The summed E-state index contributed by atoms with van der Waals surface area (Å²) < 4.78 is 31.9. The lowest BCUT2D eigenvalue weighted by atomic mass is 10.2. The van der Waals surface area contributed by atoms with Crippen molar-refractivity contribution in [3.05, 3.63) is 23.2 Å². The molecule has 0 fully saturated rings. The number of hydrogen-bond donors (Lipinski definition) is 2. The molecule has 0 aromatic heterocycles. The van der Waals surface area contributed by atoms with Crippen LogP contribution in [0.3, 0.4) is 0 Å². The minimum Gasteiger partial charge on any atom is -0.495 e. The van der Waals surface area contributed by atoms with Gasteiger partial charge < -0.3 is 10.1 Å². The first kappa shape index (κ1) is 19.7. The van der Waals surface area contributed by atoms with Crippen molar-refractivity contribution >= 4 is 27.5 Å². The fraction of sp³-hybridized carbons (Fsp3) is 0.533. The molecule has 1 amide bonds. The Kier molecular flexibility index (Phi) is 7.81. The number of benzene rings is 1. The minimum absolute atomic E-state index is 0.0195. The Balaban J connectivity index is 2.70. The molecular weight excluding hydrogens is 340 g/mol. The standard InChI is InChI=1S/C15H23ClN2O4S/c1-4-5-6-9-17-15(19)11(2)18-23(20,21)12-7-8-14(22-3)13(16)10-12/h7-8,10-11,18H,4-6,9H2,1-3H3,(H,17,19)/t11-/m1/s1. The number of ether oxygens (including phenoxy) is 1. The Bertz CT molecular complexity index is 634. The summed E-state index contributed by atoms with van der Waals surface area (Å²) in [5, 5.41) is 2.90. The first-order valence-electron chi connectivity index (χ1n) is 7.45. The molecule has 1 aromatic carbocycles. The monoisotopic (exact) mass is 362 g/mol. The molecule has 2 N–H and O–H groups in total. The van der Waals surface area contributed by atoms with Gasteiger partial charge in [0.15, 0.2) is 0 Å². The highest BCUT2D eigenvalue weighted by molar-refractivity contribution is 7.89. The van der Waals surface area contributed by atoms with E-state index in [9.17, 15) is 13.2 Å². The van der Waals surface area contributed by atoms with Crippen LogP contribution in [0.2, 0.25) is 5.02 Å². The molecule has 1 atom stereocenters. The van der Waals surface area contributed by atoms with Crippen molar-refractivity contribution in [3.8, 4) is 5.75 Å². The fourth-order valence-electron chi connectivity index (χ4n) is 1.91. The molecule has 0 saturated carbocycles. The highest BCUT2D eigenvalue weighted by atomic mass is 35.5. The van der Waals surface area contributed by atoms with Gasteiger partial charge in [-0.25, -0.2) is 8.42 Å². The van der Waals surface area contributed by atoms with Crippen molar-refractivity contribution in [2.75, 3.05) is 13.7 Å².